The Bertz CT molecular complexity index is 578. The molecule has 0 saturated heterocycles. The van der Waals surface area contributed by atoms with Crippen molar-refractivity contribution in [1.82, 2.24) is 4.98 Å². The zero-order chi connectivity index (χ0) is 14.6. The van der Waals surface area contributed by atoms with Crippen LogP contribution in [-0.4, -0.2) is 27.7 Å². The number of ether oxygens (including phenoxy) is 1. The molecular formula is C12H13N3O4. The van der Waals surface area contributed by atoms with Crippen LogP contribution in [0.4, 0.5) is 0 Å². The first-order valence-electron chi connectivity index (χ1n) is 5.25. The zero-order valence-corrected chi connectivity index (χ0v) is 10.4. The number of aryl methyl sites for hydroxylation is 1. The number of aromatic nitrogens is 1. The number of hydrogen-bond acceptors (Lipinski definition) is 5. The molecule has 1 aromatic heterocycles. The number of pyridine rings is 1. The van der Waals surface area contributed by atoms with Crippen LogP contribution in [-0.2, 0) is 4.79 Å². The summed E-state index contributed by atoms with van der Waals surface area (Å²) < 4.78 is 5.19. The molecule has 0 unspecified atom stereocenters. The second kappa shape index (κ2) is 5.76. The molecule has 0 spiro atoms. The molecule has 0 aliphatic carbocycles. The Balaban J connectivity index is 3.08. The van der Waals surface area contributed by atoms with Crippen LogP contribution >= 0.6 is 0 Å². The lowest BCUT2D eigenvalue weighted by Crippen LogP contribution is -2.20. The molecule has 0 aromatic carbocycles. The molecule has 0 atom stereocenters. The standard InChI is InChI=1S/C12H13N3O4/c1-6-3-8(12(17)18)5-15-11(6)19-9(10(14)16)4-7(2)13/h3-5,13H,1-2H3,(H2,14,16)(H,17,18)/b9-4+,13-7?. The monoisotopic (exact) mass is 263 g/mol. The van der Waals surface area contributed by atoms with Crippen LogP contribution in [0, 0.1) is 12.3 Å². The lowest BCUT2D eigenvalue weighted by molar-refractivity contribution is -0.116. The van der Waals surface area contributed by atoms with Crippen molar-refractivity contribution in [1.29, 1.82) is 5.41 Å². The molecule has 0 radical (unpaired) electrons. The minimum absolute atomic E-state index is 0.0117. The van der Waals surface area contributed by atoms with Crippen LogP contribution in [0.3, 0.4) is 0 Å². The zero-order valence-electron chi connectivity index (χ0n) is 10.4. The van der Waals surface area contributed by atoms with Gasteiger partial charge < -0.3 is 21.0 Å². The van der Waals surface area contributed by atoms with E-state index in [9.17, 15) is 9.59 Å². The predicted octanol–water partition coefficient (Wildman–Crippen LogP) is 0.876. The highest BCUT2D eigenvalue weighted by Gasteiger charge is 2.13. The molecule has 0 saturated carbocycles. The summed E-state index contributed by atoms with van der Waals surface area (Å²) in [5.74, 6) is -2.11. The summed E-state index contributed by atoms with van der Waals surface area (Å²) in [6, 6.07) is 1.36. The number of aromatic carboxylic acids is 1. The molecule has 19 heavy (non-hydrogen) atoms. The Morgan fingerprint density at radius 3 is 2.58 bits per heavy atom. The van der Waals surface area contributed by atoms with Crippen molar-refractivity contribution in [2.45, 2.75) is 13.8 Å². The highest BCUT2D eigenvalue weighted by molar-refractivity contribution is 6.00. The Hall–Kier alpha value is -2.70. The number of carbonyl (C=O) groups is 2. The van der Waals surface area contributed by atoms with E-state index in [2.05, 4.69) is 4.98 Å². The highest BCUT2D eigenvalue weighted by Crippen LogP contribution is 2.18. The van der Waals surface area contributed by atoms with Gasteiger partial charge in [-0.05, 0) is 19.9 Å². The van der Waals surface area contributed by atoms with E-state index in [0.29, 0.717) is 5.56 Å². The van der Waals surface area contributed by atoms with Gasteiger partial charge >= 0.3 is 5.97 Å². The maximum Gasteiger partial charge on any atom is 0.337 e. The van der Waals surface area contributed by atoms with Gasteiger partial charge in [-0.2, -0.15) is 0 Å². The summed E-state index contributed by atoms with van der Waals surface area (Å²) in [7, 11) is 0. The van der Waals surface area contributed by atoms with Crippen molar-refractivity contribution >= 4 is 17.6 Å². The number of hydrogen-bond donors (Lipinski definition) is 3. The van der Waals surface area contributed by atoms with E-state index in [1.54, 1.807) is 6.92 Å². The molecule has 1 amide bonds. The van der Waals surface area contributed by atoms with Gasteiger partial charge in [-0.3, -0.25) is 4.79 Å². The molecule has 1 aromatic rings. The molecule has 1 rings (SSSR count). The number of primary amides is 1. The first-order valence-corrected chi connectivity index (χ1v) is 5.25. The van der Waals surface area contributed by atoms with Gasteiger partial charge in [0.2, 0.25) is 5.88 Å². The average Bonchev–Trinajstić information content (AvgIpc) is 2.29. The lowest BCUT2D eigenvalue weighted by Gasteiger charge is -2.08. The largest absolute Gasteiger partial charge is 0.478 e. The van der Waals surface area contributed by atoms with E-state index >= 15 is 0 Å². The van der Waals surface area contributed by atoms with Crippen molar-refractivity contribution in [3.05, 3.63) is 35.2 Å². The van der Waals surface area contributed by atoms with Crippen molar-refractivity contribution in [3.63, 3.8) is 0 Å². The van der Waals surface area contributed by atoms with Crippen LogP contribution in [0.5, 0.6) is 5.88 Å². The fraction of sp³-hybridized carbons (Fsp3) is 0.167. The third-order valence-electron chi connectivity index (χ3n) is 2.07. The summed E-state index contributed by atoms with van der Waals surface area (Å²) in [6.45, 7) is 3.05. The number of allylic oxidation sites excluding steroid dienone is 1. The van der Waals surface area contributed by atoms with Crippen LogP contribution in [0.25, 0.3) is 0 Å². The molecule has 1 heterocycles. The van der Waals surface area contributed by atoms with Crippen molar-refractivity contribution < 1.29 is 19.4 Å². The fourth-order valence-corrected chi connectivity index (χ4v) is 1.24. The van der Waals surface area contributed by atoms with Crippen LogP contribution in [0.1, 0.15) is 22.8 Å². The molecule has 0 aliphatic heterocycles. The Kier molecular flexibility index (Phi) is 4.36. The maximum atomic E-state index is 11.1. The number of carboxylic acid groups (broad SMARTS) is 1. The summed E-state index contributed by atoms with van der Waals surface area (Å²) in [4.78, 5) is 25.7. The molecule has 4 N–H and O–H groups in total. The van der Waals surface area contributed by atoms with Gasteiger partial charge in [0.05, 0.1) is 5.56 Å². The number of carbonyl (C=O) groups excluding carboxylic acids is 1. The summed E-state index contributed by atoms with van der Waals surface area (Å²) in [6.07, 6.45) is 2.27. The number of rotatable bonds is 5. The van der Waals surface area contributed by atoms with Crippen LogP contribution < -0.4 is 10.5 Å². The molecule has 0 bridgehead atoms. The number of nitrogens with one attached hydrogen (secondary N) is 1. The minimum Gasteiger partial charge on any atom is -0.478 e. The average molecular weight is 263 g/mol. The quantitative estimate of drug-likeness (QED) is 0.413. The molecule has 100 valence electrons. The van der Waals surface area contributed by atoms with E-state index in [4.69, 9.17) is 21.0 Å². The molecule has 7 nitrogen and oxygen atoms in total. The second-order valence-corrected chi connectivity index (χ2v) is 3.81. The highest BCUT2D eigenvalue weighted by atomic mass is 16.5. The summed E-state index contributed by atoms with van der Waals surface area (Å²) in [5.41, 5.74) is 5.65. The third-order valence-corrected chi connectivity index (χ3v) is 2.07. The van der Waals surface area contributed by atoms with Gasteiger partial charge in [-0.1, -0.05) is 0 Å². The second-order valence-electron chi connectivity index (χ2n) is 3.81. The third kappa shape index (κ3) is 3.91. The molecule has 0 aliphatic rings. The predicted molar refractivity (Wildman–Crippen MR) is 67.2 cm³/mol. The van der Waals surface area contributed by atoms with Gasteiger partial charge in [-0.25, -0.2) is 9.78 Å². The van der Waals surface area contributed by atoms with E-state index in [1.165, 1.54) is 13.0 Å². The summed E-state index contributed by atoms with van der Waals surface area (Å²) in [5, 5.41) is 16.1. The van der Waals surface area contributed by atoms with Gasteiger partial charge in [0, 0.05) is 23.5 Å². The maximum absolute atomic E-state index is 11.1. The first kappa shape index (κ1) is 14.4. The lowest BCUT2D eigenvalue weighted by atomic mass is 10.2. The Labute approximate surface area is 109 Å². The fourth-order valence-electron chi connectivity index (χ4n) is 1.24. The van der Waals surface area contributed by atoms with Crippen molar-refractivity contribution in [2.24, 2.45) is 5.73 Å². The van der Waals surface area contributed by atoms with Crippen LogP contribution in [0.2, 0.25) is 0 Å². The van der Waals surface area contributed by atoms with Crippen LogP contribution in [0.15, 0.2) is 24.1 Å². The minimum atomic E-state index is -1.11. The number of carboxylic acids is 1. The van der Waals surface area contributed by atoms with Gasteiger partial charge in [-0.15, -0.1) is 0 Å². The van der Waals surface area contributed by atoms with Gasteiger partial charge in [0.15, 0.2) is 5.76 Å². The van der Waals surface area contributed by atoms with Crippen molar-refractivity contribution in [2.75, 3.05) is 0 Å². The Morgan fingerprint density at radius 2 is 2.16 bits per heavy atom. The Morgan fingerprint density at radius 1 is 1.53 bits per heavy atom. The number of nitrogens with two attached hydrogens (primary N) is 1. The number of nitrogens with zero attached hydrogens (tertiary/aromatic N) is 1. The number of amides is 1. The molecule has 7 heteroatoms. The van der Waals surface area contributed by atoms with Gasteiger partial charge in [0.1, 0.15) is 0 Å². The SMILES string of the molecule is CC(=N)/C=C(/Oc1ncc(C(=O)O)cc1C)C(N)=O. The van der Waals surface area contributed by atoms with E-state index < -0.39 is 11.9 Å². The van der Waals surface area contributed by atoms with Gasteiger partial charge in [0.25, 0.3) is 5.91 Å². The summed E-state index contributed by atoms with van der Waals surface area (Å²) >= 11 is 0. The van der Waals surface area contributed by atoms with E-state index in [0.717, 1.165) is 12.3 Å². The van der Waals surface area contributed by atoms with E-state index in [-0.39, 0.29) is 22.9 Å². The smallest absolute Gasteiger partial charge is 0.337 e. The van der Waals surface area contributed by atoms with E-state index in [1.807, 2.05) is 0 Å². The molecular weight excluding hydrogens is 250 g/mol. The van der Waals surface area contributed by atoms with Crippen molar-refractivity contribution in [3.8, 4) is 5.88 Å². The normalized spacial score (nSPS) is 10.9. The first-order chi connectivity index (χ1) is 8.81. The topological polar surface area (TPSA) is 126 Å². The molecule has 0 fully saturated rings.